The summed E-state index contributed by atoms with van der Waals surface area (Å²) in [5, 5.41) is 0. The van der Waals surface area contributed by atoms with Gasteiger partial charge < -0.3 is 15.2 Å². The first-order chi connectivity index (χ1) is 7.60. The molecular formula is C11H14BrNO3. The van der Waals surface area contributed by atoms with Crippen molar-refractivity contribution in [2.75, 3.05) is 13.7 Å². The number of rotatable bonds is 4. The van der Waals surface area contributed by atoms with Gasteiger partial charge in [-0.15, -0.1) is 0 Å². The lowest BCUT2D eigenvalue weighted by molar-refractivity contribution is -0.144. The second kappa shape index (κ2) is 5.86. The van der Waals surface area contributed by atoms with Crippen LogP contribution in [-0.2, 0) is 9.53 Å². The number of hydrogen-bond acceptors (Lipinski definition) is 4. The molecule has 4 nitrogen and oxygen atoms in total. The van der Waals surface area contributed by atoms with Gasteiger partial charge in [0.15, 0.2) is 0 Å². The van der Waals surface area contributed by atoms with Gasteiger partial charge in [0, 0.05) is 4.47 Å². The Labute approximate surface area is 103 Å². The minimum atomic E-state index is -0.778. The summed E-state index contributed by atoms with van der Waals surface area (Å²) in [6.45, 7) is 2.06. The summed E-state index contributed by atoms with van der Waals surface area (Å²) in [5.74, 6) is 0.264. The topological polar surface area (TPSA) is 61.5 Å². The first-order valence-corrected chi connectivity index (χ1v) is 5.65. The van der Waals surface area contributed by atoms with Gasteiger partial charge >= 0.3 is 5.97 Å². The predicted molar refractivity (Wildman–Crippen MR) is 64.3 cm³/mol. The molecule has 0 saturated carbocycles. The van der Waals surface area contributed by atoms with Crippen LogP contribution in [0, 0.1) is 0 Å². The molecule has 0 aliphatic rings. The summed E-state index contributed by atoms with van der Waals surface area (Å²) in [5.41, 5.74) is 6.45. The molecule has 16 heavy (non-hydrogen) atoms. The molecule has 0 heterocycles. The first-order valence-electron chi connectivity index (χ1n) is 4.85. The van der Waals surface area contributed by atoms with Gasteiger partial charge in [-0.3, -0.25) is 0 Å². The van der Waals surface area contributed by atoms with Crippen LogP contribution in [0.2, 0.25) is 0 Å². The number of ether oxygens (including phenoxy) is 2. The van der Waals surface area contributed by atoms with Crippen LogP contribution in [0.4, 0.5) is 0 Å². The van der Waals surface area contributed by atoms with Gasteiger partial charge in [0.05, 0.1) is 13.7 Å². The van der Waals surface area contributed by atoms with E-state index in [9.17, 15) is 4.79 Å². The maximum atomic E-state index is 11.5. The highest BCUT2D eigenvalue weighted by molar-refractivity contribution is 9.10. The van der Waals surface area contributed by atoms with Gasteiger partial charge in [-0.25, -0.2) is 4.79 Å². The number of methoxy groups -OCH3 is 1. The minimum absolute atomic E-state index is 0.320. The predicted octanol–water partition coefficient (Wildman–Crippen LogP) is 2.02. The van der Waals surface area contributed by atoms with Crippen molar-refractivity contribution in [3.8, 4) is 5.75 Å². The molecule has 0 aliphatic heterocycles. The van der Waals surface area contributed by atoms with Crippen LogP contribution >= 0.6 is 15.9 Å². The van der Waals surface area contributed by atoms with Crippen LogP contribution in [0.5, 0.6) is 5.75 Å². The molecule has 0 aliphatic carbocycles. The second-order valence-electron chi connectivity index (χ2n) is 3.12. The highest BCUT2D eigenvalue weighted by atomic mass is 79.9. The Morgan fingerprint density at radius 1 is 1.56 bits per heavy atom. The Morgan fingerprint density at radius 3 is 2.75 bits per heavy atom. The molecule has 0 aromatic heterocycles. The zero-order valence-electron chi connectivity index (χ0n) is 9.20. The van der Waals surface area contributed by atoms with E-state index >= 15 is 0 Å². The van der Waals surface area contributed by atoms with Gasteiger partial charge in [-0.2, -0.15) is 0 Å². The highest BCUT2D eigenvalue weighted by Gasteiger charge is 2.19. The molecule has 5 heteroatoms. The zero-order chi connectivity index (χ0) is 12.1. The number of carbonyl (C=O) groups excluding carboxylic acids is 1. The van der Waals surface area contributed by atoms with Crippen molar-refractivity contribution >= 4 is 21.9 Å². The molecule has 1 aromatic rings. The largest absolute Gasteiger partial charge is 0.497 e. The molecule has 0 radical (unpaired) electrons. The summed E-state index contributed by atoms with van der Waals surface area (Å²) in [7, 11) is 1.58. The van der Waals surface area contributed by atoms with Gasteiger partial charge in [0.1, 0.15) is 11.8 Å². The molecule has 0 saturated heterocycles. The molecule has 1 unspecified atom stereocenters. The molecule has 0 spiro atoms. The van der Waals surface area contributed by atoms with E-state index in [1.807, 2.05) is 0 Å². The molecule has 1 rings (SSSR count). The van der Waals surface area contributed by atoms with Gasteiger partial charge in [0.2, 0.25) is 0 Å². The molecule has 2 N–H and O–H groups in total. The summed E-state index contributed by atoms with van der Waals surface area (Å²) in [6, 6.07) is 4.47. The average Bonchev–Trinajstić information content (AvgIpc) is 2.28. The lowest BCUT2D eigenvalue weighted by atomic mass is 10.1. The van der Waals surface area contributed by atoms with Crippen LogP contribution in [0.3, 0.4) is 0 Å². The monoisotopic (exact) mass is 287 g/mol. The van der Waals surface area contributed by atoms with Crippen LogP contribution in [-0.4, -0.2) is 19.7 Å². The molecular weight excluding hydrogens is 274 g/mol. The van der Waals surface area contributed by atoms with E-state index in [0.29, 0.717) is 17.9 Å². The Balaban J connectivity index is 2.91. The normalized spacial score (nSPS) is 12.0. The number of hydrogen-bond donors (Lipinski definition) is 1. The Morgan fingerprint density at radius 2 is 2.25 bits per heavy atom. The first kappa shape index (κ1) is 13.0. The van der Waals surface area contributed by atoms with Crippen molar-refractivity contribution in [2.24, 2.45) is 5.73 Å². The molecule has 0 amide bonds. The smallest absolute Gasteiger partial charge is 0.327 e. The minimum Gasteiger partial charge on any atom is -0.497 e. The lowest BCUT2D eigenvalue weighted by Gasteiger charge is -2.13. The van der Waals surface area contributed by atoms with Crippen LogP contribution in [0.25, 0.3) is 0 Å². The average molecular weight is 288 g/mol. The Bertz CT molecular complexity index is 381. The third kappa shape index (κ3) is 2.96. The Hall–Kier alpha value is -1.07. The van der Waals surface area contributed by atoms with Gasteiger partial charge in [-0.1, -0.05) is 22.0 Å². The molecule has 1 atom stereocenters. The maximum absolute atomic E-state index is 11.5. The van der Waals surface area contributed by atoms with E-state index in [0.717, 1.165) is 4.47 Å². The number of nitrogens with two attached hydrogens (primary N) is 1. The van der Waals surface area contributed by atoms with Crippen molar-refractivity contribution in [1.29, 1.82) is 0 Å². The van der Waals surface area contributed by atoms with Crippen LogP contribution < -0.4 is 10.5 Å². The highest BCUT2D eigenvalue weighted by Crippen LogP contribution is 2.27. The fraction of sp³-hybridized carbons (Fsp3) is 0.364. The third-order valence-electron chi connectivity index (χ3n) is 2.08. The van der Waals surface area contributed by atoms with Crippen molar-refractivity contribution < 1.29 is 14.3 Å². The quantitative estimate of drug-likeness (QED) is 0.861. The molecule has 88 valence electrons. The zero-order valence-corrected chi connectivity index (χ0v) is 10.8. The Kier molecular flexibility index (Phi) is 4.76. The fourth-order valence-electron chi connectivity index (χ4n) is 1.25. The van der Waals surface area contributed by atoms with Crippen molar-refractivity contribution in [3.05, 3.63) is 28.2 Å². The number of esters is 1. The van der Waals surface area contributed by atoms with E-state index in [2.05, 4.69) is 15.9 Å². The molecule has 0 fully saturated rings. The van der Waals surface area contributed by atoms with E-state index in [4.69, 9.17) is 15.2 Å². The van der Waals surface area contributed by atoms with E-state index in [-0.39, 0.29) is 0 Å². The van der Waals surface area contributed by atoms with E-state index in [1.54, 1.807) is 32.2 Å². The SMILES string of the molecule is CCOC(=O)C(N)c1ccc(OC)cc1Br. The van der Waals surface area contributed by atoms with E-state index < -0.39 is 12.0 Å². The number of halogens is 1. The van der Waals surface area contributed by atoms with Gasteiger partial charge in [-0.05, 0) is 24.6 Å². The summed E-state index contributed by atoms with van der Waals surface area (Å²) in [4.78, 5) is 11.5. The second-order valence-corrected chi connectivity index (χ2v) is 3.97. The standard InChI is InChI=1S/C11H14BrNO3/c1-3-16-11(14)10(13)8-5-4-7(15-2)6-9(8)12/h4-6,10H,3,13H2,1-2H3. The maximum Gasteiger partial charge on any atom is 0.327 e. The van der Waals surface area contributed by atoms with Crippen molar-refractivity contribution in [2.45, 2.75) is 13.0 Å². The molecule has 0 bridgehead atoms. The number of carbonyl (C=O) groups is 1. The fourth-order valence-corrected chi connectivity index (χ4v) is 1.85. The lowest BCUT2D eigenvalue weighted by Crippen LogP contribution is -2.24. The van der Waals surface area contributed by atoms with Crippen molar-refractivity contribution in [1.82, 2.24) is 0 Å². The summed E-state index contributed by atoms with van der Waals surface area (Å²) >= 11 is 3.34. The van der Waals surface area contributed by atoms with E-state index in [1.165, 1.54) is 0 Å². The van der Waals surface area contributed by atoms with Crippen molar-refractivity contribution in [3.63, 3.8) is 0 Å². The third-order valence-corrected chi connectivity index (χ3v) is 2.77. The van der Waals surface area contributed by atoms with Crippen LogP contribution in [0.1, 0.15) is 18.5 Å². The van der Waals surface area contributed by atoms with Gasteiger partial charge in [0.25, 0.3) is 0 Å². The van der Waals surface area contributed by atoms with Crippen LogP contribution in [0.15, 0.2) is 22.7 Å². The summed E-state index contributed by atoms with van der Waals surface area (Å²) in [6.07, 6.45) is 0. The summed E-state index contributed by atoms with van der Waals surface area (Å²) < 4.78 is 10.6. The number of benzene rings is 1. The molecule has 1 aromatic carbocycles.